The van der Waals surface area contributed by atoms with Crippen LogP contribution in [0.4, 0.5) is 16.2 Å². The molecule has 3 aromatic carbocycles. The summed E-state index contributed by atoms with van der Waals surface area (Å²) in [4.78, 5) is 38.2. The van der Waals surface area contributed by atoms with Crippen LogP contribution in [-0.2, 0) is 11.3 Å². The molecule has 0 heterocycles. The maximum absolute atomic E-state index is 13.5. The average molecular weight is 671 g/mol. The molecule has 0 unspecified atom stereocenters. The fraction of sp³-hybridized carbons (Fsp3) is 0.343. The van der Waals surface area contributed by atoms with Crippen LogP contribution in [-0.4, -0.2) is 52.5 Å². The summed E-state index contributed by atoms with van der Waals surface area (Å²) in [7, 11) is 0. The zero-order valence-corrected chi connectivity index (χ0v) is 27.5. The van der Waals surface area contributed by atoms with E-state index in [2.05, 4.69) is 30.6 Å². The van der Waals surface area contributed by atoms with Gasteiger partial charge in [0, 0.05) is 33.6 Å². The first-order valence-corrected chi connectivity index (χ1v) is 15.9. The Morgan fingerprint density at radius 3 is 2.11 bits per heavy atom. The quantitative estimate of drug-likeness (QED) is 0.144. The topological polar surface area (TPSA) is 139 Å². The number of aliphatic hydroxyl groups excluding tert-OH is 2. The number of anilines is 2. The smallest absolute Gasteiger partial charge is 0.334 e. The third-order valence-electron chi connectivity index (χ3n) is 7.20. The van der Waals surface area contributed by atoms with Gasteiger partial charge in [-0.2, -0.15) is 0 Å². The van der Waals surface area contributed by atoms with Crippen LogP contribution < -0.4 is 15.5 Å². The van der Waals surface area contributed by atoms with Crippen molar-refractivity contribution in [3.05, 3.63) is 99.5 Å². The lowest BCUT2D eigenvalue weighted by Gasteiger charge is -2.24. The van der Waals surface area contributed by atoms with Gasteiger partial charge in [-0.25, -0.2) is 9.59 Å². The van der Waals surface area contributed by atoms with Gasteiger partial charge in [-0.3, -0.25) is 9.69 Å². The Morgan fingerprint density at radius 1 is 0.935 bits per heavy atom. The van der Waals surface area contributed by atoms with E-state index in [0.717, 1.165) is 30.4 Å². The number of nitrogens with zero attached hydrogens (tertiary/aromatic N) is 1. The number of carbonyl (C=O) groups excluding carboxylic acids is 2. The molecule has 0 aromatic heterocycles. The van der Waals surface area contributed by atoms with Crippen molar-refractivity contribution >= 4 is 58.1 Å². The van der Waals surface area contributed by atoms with Gasteiger partial charge in [0.2, 0.25) is 0 Å². The molecule has 0 spiro atoms. The van der Waals surface area contributed by atoms with Crippen LogP contribution in [0.5, 0.6) is 0 Å². The molecule has 5 N–H and O–H groups in total. The van der Waals surface area contributed by atoms with Gasteiger partial charge < -0.3 is 26.0 Å². The van der Waals surface area contributed by atoms with E-state index in [9.17, 15) is 19.5 Å². The Labute approximate surface area is 279 Å². The highest BCUT2D eigenvalue weighted by molar-refractivity contribution is 6.35. The number of carboxylic acids is 1. The highest BCUT2D eigenvalue weighted by atomic mass is 35.5. The number of aliphatic carboxylic acids is 1. The van der Waals surface area contributed by atoms with Crippen molar-refractivity contribution in [2.24, 2.45) is 5.92 Å². The number of benzene rings is 3. The summed E-state index contributed by atoms with van der Waals surface area (Å²) in [6.07, 6.45) is 5.99. The molecule has 11 heteroatoms. The molecule has 3 aromatic rings. The van der Waals surface area contributed by atoms with Gasteiger partial charge in [0.25, 0.3) is 5.91 Å². The minimum absolute atomic E-state index is 0.196. The molecule has 46 heavy (non-hydrogen) atoms. The van der Waals surface area contributed by atoms with E-state index >= 15 is 0 Å². The molecule has 0 saturated carbocycles. The number of hydrogen-bond acceptors (Lipinski definition) is 5. The summed E-state index contributed by atoms with van der Waals surface area (Å²) in [5.74, 6) is -1.29. The number of allylic oxidation sites excluding steroid dienone is 2. The summed E-state index contributed by atoms with van der Waals surface area (Å²) in [6.45, 7) is 4.30. The lowest BCUT2D eigenvalue weighted by Crippen LogP contribution is -2.36. The highest BCUT2D eigenvalue weighted by Crippen LogP contribution is 2.29. The van der Waals surface area contributed by atoms with Crippen molar-refractivity contribution in [2.45, 2.75) is 58.6 Å². The van der Waals surface area contributed by atoms with E-state index in [4.69, 9.17) is 33.4 Å². The number of nitrogens with one attached hydrogen (secondary N) is 2. The Morgan fingerprint density at radius 2 is 1.59 bits per heavy atom. The molecular formula is C35H41Cl2N3O6. The number of amides is 3. The summed E-state index contributed by atoms with van der Waals surface area (Å²) >= 11 is 12.2. The average Bonchev–Trinajstić information content (AvgIpc) is 3.02. The van der Waals surface area contributed by atoms with Gasteiger partial charge in [0.1, 0.15) is 0 Å². The predicted octanol–water partition coefficient (Wildman–Crippen LogP) is 7.39. The van der Waals surface area contributed by atoms with Crippen molar-refractivity contribution in [1.29, 1.82) is 0 Å². The number of carboxylic acid groups (broad SMARTS) is 1. The monoisotopic (exact) mass is 669 g/mol. The zero-order chi connectivity index (χ0) is 33.6. The van der Waals surface area contributed by atoms with Gasteiger partial charge in [-0.15, -0.1) is 0 Å². The fourth-order valence-electron chi connectivity index (χ4n) is 4.63. The van der Waals surface area contributed by atoms with Crippen molar-refractivity contribution in [1.82, 2.24) is 5.32 Å². The first kappa shape index (κ1) is 36.6. The van der Waals surface area contributed by atoms with Crippen LogP contribution in [0.1, 0.15) is 67.4 Å². The second-order valence-corrected chi connectivity index (χ2v) is 12.2. The zero-order valence-electron chi connectivity index (χ0n) is 26.0. The molecule has 9 nitrogen and oxygen atoms in total. The molecule has 0 aliphatic heterocycles. The molecular weight excluding hydrogens is 629 g/mol. The Balaban J connectivity index is 0.000000875. The number of aliphatic hydroxyl groups is 2. The molecule has 4 rings (SSSR count). The molecule has 0 bridgehead atoms. The van der Waals surface area contributed by atoms with Gasteiger partial charge in [-0.05, 0) is 97.2 Å². The largest absolute Gasteiger partial charge is 0.479 e. The number of urea groups is 1. The Hall–Kier alpha value is -3.89. The van der Waals surface area contributed by atoms with Gasteiger partial charge in [0.15, 0.2) is 6.10 Å². The second kappa shape index (κ2) is 18.3. The minimum atomic E-state index is -1.69. The van der Waals surface area contributed by atoms with Crippen LogP contribution in [0.25, 0.3) is 5.57 Å². The number of halogens is 2. The fourth-order valence-corrected chi connectivity index (χ4v) is 5.16. The maximum atomic E-state index is 13.5. The van der Waals surface area contributed by atoms with Gasteiger partial charge in [-0.1, -0.05) is 67.4 Å². The molecule has 0 radical (unpaired) electrons. The lowest BCUT2D eigenvalue weighted by molar-refractivity contribution is -0.146. The number of rotatable bonds is 11. The first-order valence-electron chi connectivity index (χ1n) is 15.2. The van der Waals surface area contributed by atoms with E-state index in [-0.39, 0.29) is 12.1 Å². The molecule has 1 aliphatic carbocycles. The van der Waals surface area contributed by atoms with Crippen molar-refractivity contribution in [2.75, 3.05) is 23.4 Å². The van der Waals surface area contributed by atoms with Crippen LogP contribution in [0.2, 0.25) is 10.0 Å². The van der Waals surface area contributed by atoms with Crippen LogP contribution in [0.15, 0.2) is 72.8 Å². The first-order chi connectivity index (χ1) is 22.0. The summed E-state index contributed by atoms with van der Waals surface area (Å²) in [6, 6.07) is 18.8. The standard InChI is InChI=1S/C30H29Cl2N3O5.C5H12O/c31-23-14-24(32)16-25(15-23)34-30(40)35(26-12-10-21(11-13-26)20-4-2-1-3-5-20)18-19-6-8-22(9-7-19)28(37)33-17-27(36)29(38)39;1-5(2)3-4-6/h4,6-16,27,36H,1-3,5,17-18H2,(H,33,37)(H,34,40)(H,38,39);5-6H,3-4H2,1-2H3/t27-;/m1./s1. The summed E-state index contributed by atoms with van der Waals surface area (Å²) < 4.78 is 0. The maximum Gasteiger partial charge on any atom is 0.334 e. The van der Waals surface area contributed by atoms with Crippen molar-refractivity contribution in [3.63, 3.8) is 0 Å². The summed E-state index contributed by atoms with van der Waals surface area (Å²) in [5, 5.41) is 32.4. The SMILES string of the molecule is CC(C)CCO.O=C(NC[C@@H](O)C(=O)O)c1ccc(CN(C(=O)Nc2cc(Cl)cc(Cl)c2)c2ccc(C3=CCCCC3)cc2)cc1. The predicted molar refractivity (Wildman–Crippen MR) is 184 cm³/mol. The molecule has 0 saturated heterocycles. The van der Waals surface area contributed by atoms with Gasteiger partial charge in [0.05, 0.1) is 13.1 Å². The number of hydrogen-bond donors (Lipinski definition) is 5. The Kier molecular flexibility index (Phi) is 14.6. The molecule has 3 amide bonds. The van der Waals surface area contributed by atoms with Crippen molar-refractivity contribution in [3.8, 4) is 0 Å². The van der Waals surface area contributed by atoms with E-state index in [1.807, 2.05) is 24.3 Å². The molecule has 1 atom stereocenters. The molecule has 1 aliphatic rings. The van der Waals surface area contributed by atoms with Crippen LogP contribution in [0.3, 0.4) is 0 Å². The second-order valence-electron chi connectivity index (χ2n) is 11.4. The minimum Gasteiger partial charge on any atom is -0.479 e. The summed E-state index contributed by atoms with van der Waals surface area (Å²) in [5.41, 5.74) is 4.61. The number of carbonyl (C=O) groups is 3. The van der Waals surface area contributed by atoms with Crippen LogP contribution in [0, 0.1) is 5.92 Å². The molecule has 0 fully saturated rings. The molecule has 246 valence electrons. The van der Waals surface area contributed by atoms with Crippen LogP contribution >= 0.6 is 23.2 Å². The van der Waals surface area contributed by atoms with E-state index in [0.29, 0.717) is 33.9 Å². The van der Waals surface area contributed by atoms with Crippen molar-refractivity contribution < 1.29 is 29.7 Å². The van der Waals surface area contributed by atoms with Gasteiger partial charge >= 0.3 is 12.0 Å². The third-order valence-corrected chi connectivity index (χ3v) is 7.64. The third kappa shape index (κ3) is 11.8. The lowest BCUT2D eigenvalue weighted by atomic mass is 9.93. The normalized spacial score (nSPS) is 13.2. The van der Waals surface area contributed by atoms with E-state index in [1.54, 1.807) is 47.4 Å². The van der Waals surface area contributed by atoms with E-state index in [1.165, 1.54) is 18.4 Å². The van der Waals surface area contributed by atoms with E-state index < -0.39 is 30.6 Å². The Bertz CT molecular complexity index is 1470. The highest BCUT2D eigenvalue weighted by Gasteiger charge is 2.19.